The highest BCUT2D eigenvalue weighted by atomic mass is 16.6. The predicted molar refractivity (Wildman–Crippen MR) is 92.8 cm³/mol. The first-order valence-corrected chi connectivity index (χ1v) is 8.56. The molecular formula is C18H26N2O5. The van der Waals surface area contributed by atoms with Crippen LogP contribution < -0.4 is 4.74 Å². The van der Waals surface area contributed by atoms with Gasteiger partial charge in [0.05, 0.1) is 19.8 Å². The number of rotatable bonds is 6. The number of hydrogen-bond donors (Lipinski definition) is 0. The molecule has 0 aliphatic carbocycles. The molecule has 0 unspecified atom stereocenters. The molecule has 1 aliphatic rings. The molecule has 1 aliphatic heterocycles. The van der Waals surface area contributed by atoms with Crippen LogP contribution in [0, 0.1) is 0 Å². The average Bonchev–Trinajstić information content (AvgIpc) is 2.63. The largest absolute Gasteiger partial charge is 0.494 e. The Morgan fingerprint density at radius 2 is 1.72 bits per heavy atom. The third-order valence-corrected chi connectivity index (χ3v) is 4.00. The smallest absolute Gasteiger partial charge is 0.409 e. The molecule has 25 heavy (non-hydrogen) atoms. The highest BCUT2D eigenvalue weighted by Gasteiger charge is 2.25. The van der Waals surface area contributed by atoms with Gasteiger partial charge in [-0.2, -0.15) is 0 Å². The minimum Gasteiger partial charge on any atom is -0.494 e. The number of methoxy groups -OCH3 is 1. The van der Waals surface area contributed by atoms with Crippen molar-refractivity contribution < 1.29 is 23.8 Å². The summed E-state index contributed by atoms with van der Waals surface area (Å²) >= 11 is 0. The van der Waals surface area contributed by atoms with Crippen LogP contribution in [0.3, 0.4) is 0 Å². The van der Waals surface area contributed by atoms with Gasteiger partial charge in [-0.15, -0.1) is 0 Å². The van der Waals surface area contributed by atoms with Crippen LogP contribution in [0.2, 0.25) is 0 Å². The molecule has 7 heteroatoms. The molecule has 1 saturated heterocycles. The van der Waals surface area contributed by atoms with Crippen molar-refractivity contribution in [3.8, 4) is 5.75 Å². The van der Waals surface area contributed by atoms with Gasteiger partial charge in [0.1, 0.15) is 5.75 Å². The molecule has 0 bridgehead atoms. The van der Waals surface area contributed by atoms with E-state index in [0.29, 0.717) is 51.6 Å². The highest BCUT2D eigenvalue weighted by Crippen LogP contribution is 2.22. The van der Waals surface area contributed by atoms with Crippen LogP contribution in [-0.2, 0) is 16.1 Å². The van der Waals surface area contributed by atoms with E-state index in [4.69, 9.17) is 14.2 Å². The van der Waals surface area contributed by atoms with Gasteiger partial charge in [0.15, 0.2) is 0 Å². The van der Waals surface area contributed by atoms with Crippen molar-refractivity contribution in [2.45, 2.75) is 20.5 Å². The van der Waals surface area contributed by atoms with Gasteiger partial charge in [-0.1, -0.05) is 0 Å². The minimum atomic E-state index is -0.321. The maximum atomic E-state index is 12.7. The fourth-order valence-corrected chi connectivity index (χ4v) is 2.77. The molecule has 0 atom stereocenters. The summed E-state index contributed by atoms with van der Waals surface area (Å²) in [6.07, 6.45) is -0.321. The van der Waals surface area contributed by atoms with Crippen molar-refractivity contribution in [1.82, 2.24) is 9.80 Å². The third-order valence-electron chi connectivity index (χ3n) is 4.00. The zero-order valence-electron chi connectivity index (χ0n) is 15.1. The number of ether oxygens (including phenoxy) is 3. The Morgan fingerprint density at radius 1 is 1.04 bits per heavy atom. The fraction of sp³-hybridized carbons (Fsp3) is 0.556. The first kappa shape index (κ1) is 19.1. The standard InChI is InChI=1S/C18H26N2O5/c1-4-24-16-7-6-14(12-15(16)13-23-3)17(21)19-8-10-20(11-9-19)18(22)25-5-2/h6-7,12H,4-5,8-11,13H2,1-3H3. The summed E-state index contributed by atoms with van der Waals surface area (Å²) in [4.78, 5) is 27.8. The van der Waals surface area contributed by atoms with Crippen molar-refractivity contribution in [3.63, 3.8) is 0 Å². The van der Waals surface area contributed by atoms with Crippen LogP contribution >= 0.6 is 0 Å². The molecule has 1 fully saturated rings. The van der Waals surface area contributed by atoms with Gasteiger partial charge in [0, 0.05) is 44.4 Å². The summed E-state index contributed by atoms with van der Waals surface area (Å²) < 4.78 is 15.8. The molecule has 2 amide bonds. The zero-order valence-corrected chi connectivity index (χ0v) is 15.1. The van der Waals surface area contributed by atoms with E-state index in [1.807, 2.05) is 13.0 Å². The second kappa shape index (κ2) is 9.27. The summed E-state index contributed by atoms with van der Waals surface area (Å²) in [7, 11) is 1.61. The number of benzene rings is 1. The second-order valence-electron chi connectivity index (χ2n) is 5.67. The summed E-state index contributed by atoms with van der Waals surface area (Å²) in [6.45, 7) is 6.92. The van der Waals surface area contributed by atoms with Gasteiger partial charge in [-0.25, -0.2) is 4.79 Å². The molecule has 0 spiro atoms. The van der Waals surface area contributed by atoms with E-state index in [9.17, 15) is 9.59 Å². The van der Waals surface area contributed by atoms with Crippen LogP contribution in [-0.4, -0.2) is 68.3 Å². The lowest BCUT2D eigenvalue weighted by Crippen LogP contribution is -2.50. The molecule has 1 heterocycles. The predicted octanol–water partition coefficient (Wildman–Crippen LogP) is 2.15. The number of amides is 2. The SMILES string of the molecule is CCOC(=O)N1CCN(C(=O)c2ccc(OCC)c(COC)c2)CC1. The van der Waals surface area contributed by atoms with Gasteiger partial charge in [0.2, 0.25) is 0 Å². The van der Waals surface area contributed by atoms with Crippen molar-refractivity contribution in [1.29, 1.82) is 0 Å². The van der Waals surface area contributed by atoms with Crippen molar-refractivity contribution in [3.05, 3.63) is 29.3 Å². The number of piperazine rings is 1. The third kappa shape index (κ3) is 4.85. The number of hydrogen-bond acceptors (Lipinski definition) is 5. The van der Waals surface area contributed by atoms with Gasteiger partial charge < -0.3 is 24.0 Å². The summed E-state index contributed by atoms with van der Waals surface area (Å²) in [5.74, 6) is 0.678. The lowest BCUT2D eigenvalue weighted by molar-refractivity contribution is 0.0570. The topological polar surface area (TPSA) is 68.3 Å². The molecular weight excluding hydrogens is 324 g/mol. The van der Waals surface area contributed by atoms with E-state index in [1.165, 1.54) is 0 Å². The van der Waals surface area contributed by atoms with Gasteiger partial charge in [0.25, 0.3) is 5.91 Å². The molecule has 7 nitrogen and oxygen atoms in total. The zero-order chi connectivity index (χ0) is 18.2. The van der Waals surface area contributed by atoms with E-state index >= 15 is 0 Å². The van der Waals surface area contributed by atoms with E-state index in [1.54, 1.807) is 36.0 Å². The second-order valence-corrected chi connectivity index (χ2v) is 5.67. The van der Waals surface area contributed by atoms with Crippen LogP contribution in [0.5, 0.6) is 5.75 Å². The monoisotopic (exact) mass is 350 g/mol. The Labute approximate surface area is 148 Å². The van der Waals surface area contributed by atoms with E-state index in [-0.39, 0.29) is 12.0 Å². The van der Waals surface area contributed by atoms with Crippen LogP contribution in [0.25, 0.3) is 0 Å². The van der Waals surface area contributed by atoms with Gasteiger partial charge >= 0.3 is 6.09 Å². The molecule has 0 saturated carbocycles. The first-order chi connectivity index (χ1) is 12.1. The number of carbonyl (C=O) groups excluding carboxylic acids is 2. The average molecular weight is 350 g/mol. The van der Waals surface area contributed by atoms with Crippen LogP contribution in [0.15, 0.2) is 18.2 Å². The van der Waals surface area contributed by atoms with Crippen LogP contribution in [0.1, 0.15) is 29.8 Å². The Morgan fingerprint density at radius 3 is 2.32 bits per heavy atom. The normalized spacial score (nSPS) is 14.4. The first-order valence-electron chi connectivity index (χ1n) is 8.56. The lowest BCUT2D eigenvalue weighted by atomic mass is 10.1. The number of nitrogens with zero attached hydrogens (tertiary/aromatic N) is 2. The van der Waals surface area contributed by atoms with Crippen molar-refractivity contribution in [2.24, 2.45) is 0 Å². The van der Waals surface area contributed by atoms with Crippen molar-refractivity contribution in [2.75, 3.05) is 46.5 Å². The number of carbonyl (C=O) groups is 2. The molecule has 2 rings (SSSR count). The van der Waals surface area contributed by atoms with E-state index < -0.39 is 0 Å². The Hall–Kier alpha value is -2.28. The molecule has 1 aromatic carbocycles. The van der Waals surface area contributed by atoms with Gasteiger partial charge in [-0.3, -0.25) is 4.79 Å². The molecule has 0 aromatic heterocycles. The molecule has 0 N–H and O–H groups in total. The summed E-state index contributed by atoms with van der Waals surface area (Å²) in [6, 6.07) is 5.39. The van der Waals surface area contributed by atoms with E-state index in [0.717, 1.165) is 11.3 Å². The van der Waals surface area contributed by atoms with Crippen LogP contribution in [0.4, 0.5) is 4.79 Å². The molecule has 1 aromatic rings. The van der Waals surface area contributed by atoms with Gasteiger partial charge in [-0.05, 0) is 32.0 Å². The highest BCUT2D eigenvalue weighted by molar-refractivity contribution is 5.94. The fourth-order valence-electron chi connectivity index (χ4n) is 2.77. The maximum Gasteiger partial charge on any atom is 0.409 e. The Kier molecular flexibility index (Phi) is 7.06. The van der Waals surface area contributed by atoms with Crippen molar-refractivity contribution >= 4 is 12.0 Å². The Balaban J connectivity index is 2.03. The molecule has 0 radical (unpaired) electrons. The Bertz CT molecular complexity index is 597. The summed E-state index contributed by atoms with van der Waals surface area (Å²) in [5.41, 5.74) is 1.44. The van der Waals surface area contributed by atoms with E-state index in [2.05, 4.69) is 0 Å². The molecule has 138 valence electrons. The lowest BCUT2D eigenvalue weighted by Gasteiger charge is -2.34. The quantitative estimate of drug-likeness (QED) is 0.786. The summed E-state index contributed by atoms with van der Waals surface area (Å²) in [5, 5.41) is 0. The maximum absolute atomic E-state index is 12.7. The minimum absolute atomic E-state index is 0.0519.